The number of nitrogens with zero attached hydrogens (tertiary/aromatic N) is 2. The molecule has 0 unspecified atom stereocenters. The zero-order chi connectivity index (χ0) is 13.3. The van der Waals surface area contributed by atoms with Crippen molar-refractivity contribution in [2.24, 2.45) is 0 Å². The molecule has 2 aromatic rings. The number of aldehydes is 1. The summed E-state index contributed by atoms with van der Waals surface area (Å²) in [6.45, 7) is 0. The van der Waals surface area contributed by atoms with Crippen LogP contribution in [-0.2, 0) is 6.18 Å². The number of carbonyl (C=O) groups is 1. The molecule has 18 heavy (non-hydrogen) atoms. The summed E-state index contributed by atoms with van der Waals surface area (Å²) in [5.74, 6) is -0.813. The van der Waals surface area contributed by atoms with Gasteiger partial charge in [0.25, 0.3) is 0 Å². The Hall–Kier alpha value is -2.18. The van der Waals surface area contributed by atoms with Crippen LogP contribution in [0.3, 0.4) is 0 Å². The van der Waals surface area contributed by atoms with E-state index >= 15 is 0 Å². The van der Waals surface area contributed by atoms with E-state index in [0.29, 0.717) is 12.5 Å². The second-order valence-corrected chi connectivity index (χ2v) is 3.50. The van der Waals surface area contributed by atoms with Gasteiger partial charge in [0.2, 0.25) is 0 Å². The van der Waals surface area contributed by atoms with Gasteiger partial charge in [0, 0.05) is 12.3 Å². The summed E-state index contributed by atoms with van der Waals surface area (Å²) in [5.41, 5.74) is -0.988. The molecular weight excluding hydrogens is 252 g/mol. The number of carbonyl (C=O) groups excluding carboxylic acids is 1. The summed E-state index contributed by atoms with van der Waals surface area (Å²) in [7, 11) is 0. The highest BCUT2D eigenvalue weighted by molar-refractivity contribution is 5.75. The first-order chi connectivity index (χ1) is 8.41. The van der Waals surface area contributed by atoms with Crippen LogP contribution in [0.25, 0.3) is 5.69 Å². The van der Waals surface area contributed by atoms with Gasteiger partial charge in [0.05, 0.1) is 23.0 Å². The average Bonchev–Trinajstić information content (AvgIpc) is 2.77. The first-order valence-corrected chi connectivity index (χ1v) is 4.79. The predicted molar refractivity (Wildman–Crippen MR) is 53.9 cm³/mol. The predicted octanol–water partition coefficient (Wildman–Crippen LogP) is 2.84. The van der Waals surface area contributed by atoms with Crippen LogP contribution in [0.5, 0.6) is 0 Å². The third-order valence-corrected chi connectivity index (χ3v) is 2.29. The Balaban J connectivity index is 2.40. The molecule has 1 aromatic carbocycles. The first-order valence-electron chi connectivity index (χ1n) is 4.79. The standard InChI is InChI=1S/C11H6F4N2O/c12-10-3-9(2-1-7(10)6-18)17-5-8(4-16-17)11(13,14)15/h1-6H. The number of alkyl halides is 3. The fraction of sp³-hybridized carbons (Fsp3) is 0.0909. The van der Waals surface area contributed by atoms with E-state index in [2.05, 4.69) is 5.10 Å². The van der Waals surface area contributed by atoms with Crippen molar-refractivity contribution < 1.29 is 22.4 Å². The molecule has 0 bridgehead atoms. The van der Waals surface area contributed by atoms with E-state index in [1.54, 1.807) is 0 Å². The van der Waals surface area contributed by atoms with Crippen molar-refractivity contribution in [2.75, 3.05) is 0 Å². The molecule has 3 nitrogen and oxygen atoms in total. The monoisotopic (exact) mass is 258 g/mol. The second-order valence-electron chi connectivity index (χ2n) is 3.50. The van der Waals surface area contributed by atoms with Gasteiger partial charge in [-0.3, -0.25) is 4.79 Å². The minimum atomic E-state index is -4.50. The SMILES string of the molecule is O=Cc1ccc(-n2cc(C(F)(F)F)cn2)cc1F. The molecular formula is C11H6F4N2O. The maximum Gasteiger partial charge on any atom is 0.419 e. The summed E-state index contributed by atoms with van der Waals surface area (Å²) in [6.07, 6.45) is -2.79. The molecule has 0 aliphatic rings. The van der Waals surface area contributed by atoms with Crippen LogP contribution in [0.4, 0.5) is 17.6 Å². The number of rotatable bonds is 2. The third kappa shape index (κ3) is 2.24. The summed E-state index contributed by atoms with van der Waals surface area (Å²) >= 11 is 0. The molecule has 0 aliphatic carbocycles. The van der Waals surface area contributed by atoms with Crippen molar-refractivity contribution in [1.29, 1.82) is 0 Å². The molecule has 0 saturated heterocycles. The summed E-state index contributed by atoms with van der Waals surface area (Å²) in [6, 6.07) is 3.42. The Morgan fingerprint density at radius 2 is 2.00 bits per heavy atom. The average molecular weight is 258 g/mol. The summed E-state index contributed by atoms with van der Waals surface area (Å²) in [4.78, 5) is 10.4. The maximum atomic E-state index is 13.3. The molecule has 0 spiro atoms. The van der Waals surface area contributed by atoms with Crippen LogP contribution in [0.2, 0.25) is 0 Å². The van der Waals surface area contributed by atoms with Gasteiger partial charge in [-0.2, -0.15) is 18.3 Å². The van der Waals surface area contributed by atoms with Crippen molar-refractivity contribution >= 4 is 6.29 Å². The highest BCUT2D eigenvalue weighted by Crippen LogP contribution is 2.29. The normalized spacial score (nSPS) is 11.6. The molecule has 2 rings (SSSR count). The van der Waals surface area contributed by atoms with Crippen molar-refractivity contribution in [1.82, 2.24) is 9.78 Å². The molecule has 0 radical (unpaired) electrons. The second kappa shape index (κ2) is 4.25. The van der Waals surface area contributed by atoms with Crippen LogP contribution in [0.1, 0.15) is 15.9 Å². The Morgan fingerprint density at radius 1 is 1.28 bits per heavy atom. The van der Waals surface area contributed by atoms with Crippen LogP contribution in [-0.4, -0.2) is 16.1 Å². The molecule has 0 aliphatic heterocycles. The van der Waals surface area contributed by atoms with E-state index in [1.165, 1.54) is 12.1 Å². The molecule has 0 atom stereocenters. The Labute approximate surface area is 98.6 Å². The molecule has 0 fully saturated rings. The van der Waals surface area contributed by atoms with Crippen LogP contribution in [0, 0.1) is 5.82 Å². The van der Waals surface area contributed by atoms with Crippen LogP contribution < -0.4 is 0 Å². The van der Waals surface area contributed by atoms with E-state index in [0.717, 1.165) is 16.9 Å². The van der Waals surface area contributed by atoms with Crippen LogP contribution >= 0.6 is 0 Å². The zero-order valence-electron chi connectivity index (χ0n) is 8.78. The molecule has 1 heterocycles. The highest BCUT2D eigenvalue weighted by Gasteiger charge is 2.32. The lowest BCUT2D eigenvalue weighted by Gasteiger charge is -2.03. The fourth-order valence-electron chi connectivity index (χ4n) is 1.36. The maximum absolute atomic E-state index is 13.3. The van der Waals surface area contributed by atoms with E-state index in [1.807, 2.05) is 0 Å². The summed E-state index contributed by atoms with van der Waals surface area (Å²) < 4.78 is 51.2. The third-order valence-electron chi connectivity index (χ3n) is 2.29. The van der Waals surface area contributed by atoms with Gasteiger partial charge in [0.15, 0.2) is 6.29 Å². The molecule has 0 amide bonds. The molecule has 94 valence electrons. The topological polar surface area (TPSA) is 34.9 Å². The van der Waals surface area contributed by atoms with Gasteiger partial charge in [-0.25, -0.2) is 9.07 Å². The van der Waals surface area contributed by atoms with Gasteiger partial charge in [0.1, 0.15) is 5.82 Å². The lowest BCUT2D eigenvalue weighted by atomic mass is 10.2. The van der Waals surface area contributed by atoms with Gasteiger partial charge < -0.3 is 0 Å². The van der Waals surface area contributed by atoms with Crippen LogP contribution in [0.15, 0.2) is 30.6 Å². The quantitative estimate of drug-likeness (QED) is 0.613. The van der Waals surface area contributed by atoms with Gasteiger partial charge in [-0.05, 0) is 12.1 Å². The van der Waals surface area contributed by atoms with E-state index in [9.17, 15) is 22.4 Å². The minimum Gasteiger partial charge on any atom is -0.298 e. The lowest BCUT2D eigenvalue weighted by Crippen LogP contribution is -2.03. The number of aromatic nitrogens is 2. The Morgan fingerprint density at radius 3 is 2.50 bits per heavy atom. The van der Waals surface area contributed by atoms with Gasteiger partial charge in [-0.1, -0.05) is 0 Å². The molecule has 0 N–H and O–H groups in total. The Kier molecular flexibility index (Phi) is 2.90. The fourth-order valence-corrected chi connectivity index (χ4v) is 1.36. The van der Waals surface area contributed by atoms with E-state index in [4.69, 9.17) is 0 Å². The molecule has 0 saturated carbocycles. The van der Waals surface area contributed by atoms with Crippen molar-refractivity contribution in [3.63, 3.8) is 0 Å². The number of halogens is 4. The zero-order valence-corrected chi connectivity index (χ0v) is 8.78. The Bertz CT molecular complexity index is 589. The highest BCUT2D eigenvalue weighted by atomic mass is 19.4. The molecule has 7 heteroatoms. The largest absolute Gasteiger partial charge is 0.419 e. The van der Waals surface area contributed by atoms with Gasteiger partial charge in [-0.15, -0.1) is 0 Å². The number of benzene rings is 1. The van der Waals surface area contributed by atoms with Crippen molar-refractivity contribution in [3.8, 4) is 5.69 Å². The van der Waals surface area contributed by atoms with E-state index < -0.39 is 17.6 Å². The lowest BCUT2D eigenvalue weighted by molar-refractivity contribution is -0.137. The number of hydrogen-bond donors (Lipinski definition) is 0. The smallest absolute Gasteiger partial charge is 0.298 e. The minimum absolute atomic E-state index is 0.105. The van der Waals surface area contributed by atoms with Crippen molar-refractivity contribution in [2.45, 2.75) is 6.18 Å². The summed E-state index contributed by atoms with van der Waals surface area (Å²) in [5, 5.41) is 3.49. The van der Waals surface area contributed by atoms with Gasteiger partial charge >= 0.3 is 6.18 Å². The van der Waals surface area contributed by atoms with Crippen molar-refractivity contribution in [3.05, 3.63) is 47.5 Å². The molecule has 1 aromatic heterocycles. The number of hydrogen-bond acceptors (Lipinski definition) is 2. The first kappa shape index (κ1) is 12.3. The van der Waals surface area contributed by atoms with E-state index in [-0.39, 0.29) is 11.3 Å².